The number of rotatable bonds is 2. The predicted molar refractivity (Wildman–Crippen MR) is 52.5 cm³/mol. The van der Waals surface area contributed by atoms with Crippen LogP contribution in [0, 0.1) is 17.8 Å². The topological polar surface area (TPSA) is 26.3 Å². The highest BCUT2D eigenvalue weighted by atomic mass is 16.5. The molecule has 0 N–H and O–H groups in total. The summed E-state index contributed by atoms with van der Waals surface area (Å²) in [5.74, 6) is 1.50. The molecule has 13 heavy (non-hydrogen) atoms. The van der Waals surface area contributed by atoms with E-state index in [2.05, 4.69) is 27.7 Å². The molecule has 0 aromatic carbocycles. The van der Waals surface area contributed by atoms with Gasteiger partial charge in [-0.15, -0.1) is 0 Å². The van der Waals surface area contributed by atoms with Gasteiger partial charge in [0, 0.05) is 0 Å². The molecular formula is C11H20O2. The molecule has 2 nitrogen and oxygen atoms in total. The summed E-state index contributed by atoms with van der Waals surface area (Å²) < 4.78 is 5.71. The first-order valence-electron chi connectivity index (χ1n) is 5.22. The smallest absolute Gasteiger partial charge is 0.149 e. The number of hydrogen-bond donors (Lipinski definition) is 0. The molecule has 0 aliphatic carbocycles. The maximum Gasteiger partial charge on any atom is 0.149 e. The third-order valence-corrected chi connectivity index (χ3v) is 3.63. The number of aldehydes is 1. The first-order valence-corrected chi connectivity index (χ1v) is 5.22. The van der Waals surface area contributed by atoms with Crippen LogP contribution in [-0.2, 0) is 9.53 Å². The van der Waals surface area contributed by atoms with Crippen molar-refractivity contribution in [3.05, 3.63) is 0 Å². The summed E-state index contributed by atoms with van der Waals surface area (Å²) in [5, 5.41) is 0. The molecule has 0 amide bonds. The van der Waals surface area contributed by atoms with E-state index in [9.17, 15) is 4.79 Å². The number of ether oxygens (including phenoxy) is 1. The van der Waals surface area contributed by atoms with Gasteiger partial charge < -0.3 is 9.53 Å². The summed E-state index contributed by atoms with van der Waals surface area (Å²) in [6.45, 7) is 8.66. The van der Waals surface area contributed by atoms with Crippen LogP contribution in [0.15, 0.2) is 0 Å². The van der Waals surface area contributed by atoms with Crippen molar-refractivity contribution in [3.8, 4) is 0 Å². The maximum atomic E-state index is 10.8. The summed E-state index contributed by atoms with van der Waals surface area (Å²) in [4.78, 5) is 10.8. The van der Waals surface area contributed by atoms with E-state index in [0.717, 1.165) is 12.7 Å². The van der Waals surface area contributed by atoms with Crippen molar-refractivity contribution in [1.82, 2.24) is 0 Å². The summed E-state index contributed by atoms with van der Waals surface area (Å²) in [6.07, 6.45) is 2.04. The van der Waals surface area contributed by atoms with Crippen molar-refractivity contribution in [3.63, 3.8) is 0 Å². The lowest BCUT2D eigenvalue weighted by molar-refractivity contribution is -0.150. The Morgan fingerprint density at radius 3 is 2.23 bits per heavy atom. The quantitative estimate of drug-likeness (QED) is 0.615. The standard InChI is InChI=1S/C11H20O2/c1-5-10-8(3)7(2)9(4)11(6-12)13-10/h6-11H,5H2,1-4H3/t7-,8?,9+,10?,11?/m0/s1. The van der Waals surface area contributed by atoms with E-state index in [0.29, 0.717) is 17.8 Å². The van der Waals surface area contributed by atoms with E-state index >= 15 is 0 Å². The van der Waals surface area contributed by atoms with Gasteiger partial charge in [-0.25, -0.2) is 0 Å². The molecule has 1 rings (SSSR count). The Bertz CT molecular complexity index is 177. The van der Waals surface area contributed by atoms with E-state index in [-0.39, 0.29) is 12.2 Å². The lowest BCUT2D eigenvalue weighted by Gasteiger charge is -2.41. The Morgan fingerprint density at radius 2 is 1.77 bits per heavy atom. The molecule has 0 bridgehead atoms. The third kappa shape index (κ3) is 1.93. The van der Waals surface area contributed by atoms with E-state index < -0.39 is 0 Å². The highest BCUT2D eigenvalue weighted by molar-refractivity contribution is 5.56. The van der Waals surface area contributed by atoms with E-state index in [4.69, 9.17) is 4.74 Å². The Kier molecular flexibility index (Phi) is 3.48. The van der Waals surface area contributed by atoms with Crippen molar-refractivity contribution < 1.29 is 9.53 Å². The van der Waals surface area contributed by atoms with Crippen LogP contribution in [0.5, 0.6) is 0 Å². The van der Waals surface area contributed by atoms with Crippen LogP contribution in [0.2, 0.25) is 0 Å². The van der Waals surface area contributed by atoms with Crippen LogP contribution in [0.3, 0.4) is 0 Å². The van der Waals surface area contributed by atoms with Gasteiger partial charge in [-0.3, -0.25) is 0 Å². The average Bonchev–Trinajstić information content (AvgIpc) is 2.15. The molecule has 76 valence electrons. The number of hydrogen-bond acceptors (Lipinski definition) is 2. The zero-order valence-electron chi connectivity index (χ0n) is 8.99. The number of carbonyl (C=O) groups is 1. The molecular weight excluding hydrogens is 164 g/mol. The highest BCUT2D eigenvalue weighted by Gasteiger charge is 2.37. The van der Waals surface area contributed by atoms with Crippen molar-refractivity contribution in [1.29, 1.82) is 0 Å². The van der Waals surface area contributed by atoms with Crippen LogP contribution in [0.1, 0.15) is 34.1 Å². The van der Waals surface area contributed by atoms with Gasteiger partial charge in [0.2, 0.25) is 0 Å². The molecule has 1 aliphatic heterocycles. The Hall–Kier alpha value is -0.370. The highest BCUT2D eigenvalue weighted by Crippen LogP contribution is 2.35. The minimum absolute atomic E-state index is 0.184. The van der Waals surface area contributed by atoms with Crippen molar-refractivity contribution in [2.45, 2.75) is 46.3 Å². The van der Waals surface area contributed by atoms with E-state index in [1.807, 2.05) is 0 Å². The normalized spacial score (nSPS) is 46.0. The summed E-state index contributed by atoms with van der Waals surface area (Å²) in [7, 11) is 0. The summed E-state index contributed by atoms with van der Waals surface area (Å²) >= 11 is 0. The fraction of sp³-hybridized carbons (Fsp3) is 0.909. The van der Waals surface area contributed by atoms with Gasteiger partial charge in [0.15, 0.2) is 0 Å². The molecule has 1 fully saturated rings. The van der Waals surface area contributed by atoms with Gasteiger partial charge >= 0.3 is 0 Å². The van der Waals surface area contributed by atoms with Gasteiger partial charge in [0.05, 0.1) is 6.10 Å². The molecule has 0 aromatic rings. The Labute approximate surface area is 80.7 Å². The zero-order valence-corrected chi connectivity index (χ0v) is 8.99. The lowest BCUT2D eigenvalue weighted by atomic mass is 9.76. The van der Waals surface area contributed by atoms with Crippen molar-refractivity contribution in [2.24, 2.45) is 17.8 Å². The monoisotopic (exact) mass is 184 g/mol. The second-order valence-electron chi connectivity index (χ2n) is 4.26. The summed E-state index contributed by atoms with van der Waals surface area (Å²) in [5.41, 5.74) is 0. The first kappa shape index (κ1) is 10.7. The van der Waals surface area contributed by atoms with Gasteiger partial charge in [-0.05, 0) is 24.2 Å². The van der Waals surface area contributed by atoms with E-state index in [1.165, 1.54) is 0 Å². The van der Waals surface area contributed by atoms with Crippen LogP contribution in [0.4, 0.5) is 0 Å². The van der Waals surface area contributed by atoms with Gasteiger partial charge in [0.1, 0.15) is 12.4 Å². The zero-order chi connectivity index (χ0) is 10.0. The SMILES string of the molecule is CCC1OC(C=O)[C@H](C)[C@@H](C)C1C. The fourth-order valence-electron chi connectivity index (χ4n) is 2.19. The molecule has 1 saturated heterocycles. The molecule has 5 atom stereocenters. The van der Waals surface area contributed by atoms with Crippen LogP contribution >= 0.6 is 0 Å². The molecule has 1 heterocycles. The van der Waals surface area contributed by atoms with Gasteiger partial charge in [0.25, 0.3) is 0 Å². The molecule has 0 spiro atoms. The molecule has 0 aromatic heterocycles. The van der Waals surface area contributed by atoms with Crippen LogP contribution in [0.25, 0.3) is 0 Å². The largest absolute Gasteiger partial charge is 0.367 e. The van der Waals surface area contributed by atoms with Crippen molar-refractivity contribution in [2.75, 3.05) is 0 Å². The van der Waals surface area contributed by atoms with E-state index in [1.54, 1.807) is 0 Å². The molecule has 0 saturated carbocycles. The summed E-state index contributed by atoms with van der Waals surface area (Å²) in [6, 6.07) is 0. The second-order valence-corrected chi connectivity index (χ2v) is 4.26. The van der Waals surface area contributed by atoms with Gasteiger partial charge in [-0.2, -0.15) is 0 Å². The molecule has 0 radical (unpaired) electrons. The van der Waals surface area contributed by atoms with Gasteiger partial charge in [-0.1, -0.05) is 27.7 Å². The first-order chi connectivity index (χ1) is 6.11. The Morgan fingerprint density at radius 1 is 1.15 bits per heavy atom. The maximum absolute atomic E-state index is 10.8. The minimum atomic E-state index is -0.184. The molecule has 1 aliphatic rings. The lowest BCUT2D eigenvalue weighted by Crippen LogP contribution is -2.45. The average molecular weight is 184 g/mol. The third-order valence-electron chi connectivity index (χ3n) is 3.63. The predicted octanol–water partition coefficient (Wildman–Crippen LogP) is 2.27. The fourth-order valence-corrected chi connectivity index (χ4v) is 2.19. The Balaban J connectivity index is 2.71. The number of carbonyl (C=O) groups excluding carboxylic acids is 1. The second kappa shape index (κ2) is 4.23. The minimum Gasteiger partial charge on any atom is -0.367 e. The van der Waals surface area contributed by atoms with Crippen molar-refractivity contribution >= 4 is 6.29 Å². The molecule has 2 heteroatoms. The molecule has 3 unspecified atom stereocenters. The van der Waals surface area contributed by atoms with Crippen LogP contribution in [-0.4, -0.2) is 18.5 Å². The van der Waals surface area contributed by atoms with Crippen LogP contribution < -0.4 is 0 Å².